The van der Waals surface area contributed by atoms with E-state index in [0.29, 0.717) is 28.3 Å². The summed E-state index contributed by atoms with van der Waals surface area (Å²) in [6.45, 7) is 2.30. The van der Waals surface area contributed by atoms with Crippen LogP contribution in [0.15, 0.2) is 57.8 Å². The Bertz CT molecular complexity index is 1040. The molecule has 9 heteroatoms. The van der Waals surface area contributed by atoms with E-state index in [1.54, 1.807) is 18.2 Å². The quantitative estimate of drug-likeness (QED) is 0.626. The van der Waals surface area contributed by atoms with Gasteiger partial charge in [0.1, 0.15) is 11.3 Å². The van der Waals surface area contributed by atoms with Crippen LogP contribution in [0.25, 0.3) is 11.0 Å². The molecule has 1 amide bonds. The standard InChI is InChI=1S/C17H15ClN2O5S/c1-2-24-13-4-6-14(7-5-13)26(22,23)20-19-17(21)16-10-11-9-12(18)3-8-15(11)25-16/h3-10,20H,2H2,1H3,(H,19,21). The molecular formula is C17H15ClN2O5S. The average Bonchev–Trinajstić information content (AvgIpc) is 3.04. The molecule has 0 saturated carbocycles. The van der Waals surface area contributed by atoms with Gasteiger partial charge in [-0.3, -0.25) is 10.2 Å². The summed E-state index contributed by atoms with van der Waals surface area (Å²) in [5, 5.41) is 1.14. The maximum absolute atomic E-state index is 12.2. The zero-order valence-electron chi connectivity index (χ0n) is 13.7. The molecule has 3 rings (SSSR count). The maximum atomic E-state index is 12.2. The molecule has 0 aliphatic carbocycles. The molecule has 7 nitrogen and oxygen atoms in total. The molecule has 0 unspecified atom stereocenters. The Morgan fingerprint density at radius 2 is 1.88 bits per heavy atom. The number of furan rings is 1. The number of amides is 1. The number of ether oxygens (including phenoxy) is 1. The number of nitrogens with one attached hydrogen (secondary N) is 2. The van der Waals surface area contributed by atoms with Crippen molar-refractivity contribution in [3.05, 3.63) is 59.3 Å². The summed E-state index contributed by atoms with van der Waals surface area (Å²) in [6.07, 6.45) is 0. The third kappa shape index (κ3) is 3.98. The summed E-state index contributed by atoms with van der Waals surface area (Å²) in [5.74, 6) is -0.222. The fourth-order valence-electron chi connectivity index (χ4n) is 2.24. The fraction of sp³-hybridized carbons (Fsp3) is 0.118. The average molecular weight is 395 g/mol. The van der Waals surface area contributed by atoms with E-state index >= 15 is 0 Å². The second-order valence-electron chi connectivity index (χ2n) is 5.26. The Hall–Kier alpha value is -2.55. The van der Waals surface area contributed by atoms with Crippen molar-refractivity contribution in [2.45, 2.75) is 11.8 Å². The highest BCUT2D eigenvalue weighted by Crippen LogP contribution is 2.23. The highest BCUT2D eigenvalue weighted by Gasteiger charge is 2.18. The summed E-state index contributed by atoms with van der Waals surface area (Å²) in [4.78, 5) is 14.1. The Balaban J connectivity index is 1.70. The van der Waals surface area contributed by atoms with Gasteiger partial charge < -0.3 is 9.15 Å². The largest absolute Gasteiger partial charge is 0.494 e. The molecule has 1 aromatic heterocycles. The number of halogens is 1. The van der Waals surface area contributed by atoms with Gasteiger partial charge in [-0.15, -0.1) is 4.83 Å². The zero-order valence-corrected chi connectivity index (χ0v) is 15.2. The molecule has 0 fully saturated rings. The number of hydrogen-bond acceptors (Lipinski definition) is 5. The zero-order chi connectivity index (χ0) is 18.7. The second-order valence-corrected chi connectivity index (χ2v) is 7.38. The molecule has 2 N–H and O–H groups in total. The number of carbonyl (C=O) groups is 1. The number of sulfonamides is 1. The molecule has 0 aliphatic heterocycles. The lowest BCUT2D eigenvalue weighted by atomic mass is 10.2. The van der Waals surface area contributed by atoms with Gasteiger partial charge in [0, 0.05) is 10.4 Å². The summed E-state index contributed by atoms with van der Waals surface area (Å²) in [7, 11) is -3.93. The monoisotopic (exact) mass is 394 g/mol. The molecule has 136 valence electrons. The van der Waals surface area contributed by atoms with Gasteiger partial charge in [0.05, 0.1) is 11.5 Å². The number of fused-ring (bicyclic) bond motifs is 1. The Morgan fingerprint density at radius 3 is 2.58 bits per heavy atom. The number of hydrogen-bond donors (Lipinski definition) is 2. The first-order valence-electron chi connectivity index (χ1n) is 7.63. The minimum atomic E-state index is -3.93. The van der Waals surface area contributed by atoms with E-state index in [1.165, 1.54) is 30.3 Å². The van der Waals surface area contributed by atoms with Crippen molar-refractivity contribution in [1.29, 1.82) is 0 Å². The van der Waals surface area contributed by atoms with Crippen molar-refractivity contribution in [2.24, 2.45) is 0 Å². The predicted octanol–water partition coefficient (Wildman–Crippen LogP) is 3.11. The first-order valence-corrected chi connectivity index (χ1v) is 9.49. The van der Waals surface area contributed by atoms with Crippen molar-refractivity contribution >= 4 is 38.5 Å². The Labute approximate surface area is 154 Å². The minimum Gasteiger partial charge on any atom is -0.494 e. The Morgan fingerprint density at radius 1 is 1.15 bits per heavy atom. The molecule has 0 atom stereocenters. The fourth-order valence-corrected chi connectivity index (χ4v) is 3.26. The van der Waals surface area contributed by atoms with Crippen LogP contribution in [0.2, 0.25) is 5.02 Å². The summed E-state index contributed by atoms with van der Waals surface area (Å²) >= 11 is 5.88. The van der Waals surface area contributed by atoms with Gasteiger partial charge in [0.25, 0.3) is 10.0 Å². The summed E-state index contributed by atoms with van der Waals surface area (Å²) in [6, 6.07) is 12.2. The third-order valence-electron chi connectivity index (χ3n) is 3.45. The van der Waals surface area contributed by atoms with Gasteiger partial charge in [-0.1, -0.05) is 11.6 Å². The first-order chi connectivity index (χ1) is 12.4. The van der Waals surface area contributed by atoms with Crippen molar-refractivity contribution in [1.82, 2.24) is 10.3 Å². The smallest absolute Gasteiger partial charge is 0.301 e. The molecule has 1 heterocycles. The SMILES string of the molecule is CCOc1ccc(S(=O)(=O)NNC(=O)c2cc3cc(Cl)ccc3o2)cc1. The first kappa shape index (κ1) is 18.2. The van der Waals surface area contributed by atoms with E-state index in [4.69, 9.17) is 20.8 Å². The molecular weight excluding hydrogens is 380 g/mol. The minimum absolute atomic E-state index is 0.0161. The van der Waals surface area contributed by atoms with Crippen LogP contribution >= 0.6 is 11.6 Å². The Kier molecular flexibility index (Phi) is 5.17. The normalized spacial score (nSPS) is 11.5. The van der Waals surface area contributed by atoms with E-state index in [0.717, 1.165) is 0 Å². The van der Waals surface area contributed by atoms with Crippen LogP contribution in [-0.2, 0) is 10.0 Å². The van der Waals surface area contributed by atoms with Crippen LogP contribution in [0.1, 0.15) is 17.5 Å². The summed E-state index contributed by atoms with van der Waals surface area (Å²) < 4.78 is 35.1. The van der Waals surface area contributed by atoms with E-state index in [1.807, 2.05) is 11.8 Å². The van der Waals surface area contributed by atoms with Crippen LogP contribution in [-0.4, -0.2) is 20.9 Å². The van der Waals surface area contributed by atoms with Crippen LogP contribution in [0.3, 0.4) is 0 Å². The molecule has 2 aromatic carbocycles. The molecule has 0 spiro atoms. The molecule has 26 heavy (non-hydrogen) atoms. The lowest BCUT2D eigenvalue weighted by Gasteiger charge is -2.08. The van der Waals surface area contributed by atoms with Gasteiger partial charge in [-0.2, -0.15) is 0 Å². The lowest BCUT2D eigenvalue weighted by Crippen LogP contribution is -2.41. The number of hydrazine groups is 1. The van der Waals surface area contributed by atoms with Gasteiger partial charge in [-0.25, -0.2) is 8.42 Å². The van der Waals surface area contributed by atoms with Gasteiger partial charge in [0.2, 0.25) is 0 Å². The van der Waals surface area contributed by atoms with Crippen molar-refractivity contribution in [2.75, 3.05) is 6.61 Å². The highest BCUT2D eigenvalue weighted by molar-refractivity contribution is 7.89. The highest BCUT2D eigenvalue weighted by atomic mass is 35.5. The number of benzene rings is 2. The topological polar surface area (TPSA) is 97.6 Å². The second kappa shape index (κ2) is 7.36. The van der Waals surface area contributed by atoms with Crippen LogP contribution in [0.5, 0.6) is 5.75 Å². The van der Waals surface area contributed by atoms with E-state index < -0.39 is 15.9 Å². The number of rotatable bonds is 6. The van der Waals surface area contributed by atoms with Gasteiger partial charge in [-0.05, 0) is 55.5 Å². The van der Waals surface area contributed by atoms with Crippen LogP contribution in [0.4, 0.5) is 0 Å². The van der Waals surface area contributed by atoms with Crippen molar-refractivity contribution in [3.8, 4) is 5.75 Å². The van der Waals surface area contributed by atoms with Gasteiger partial charge >= 0.3 is 5.91 Å². The van der Waals surface area contributed by atoms with E-state index in [9.17, 15) is 13.2 Å². The molecule has 3 aromatic rings. The van der Waals surface area contributed by atoms with Crippen LogP contribution in [0, 0.1) is 0 Å². The molecule has 0 saturated heterocycles. The number of carbonyl (C=O) groups excluding carboxylic acids is 1. The maximum Gasteiger partial charge on any atom is 0.301 e. The van der Waals surface area contributed by atoms with E-state index in [2.05, 4.69) is 5.43 Å². The third-order valence-corrected chi connectivity index (χ3v) is 4.94. The lowest BCUT2D eigenvalue weighted by molar-refractivity contribution is 0.0919. The van der Waals surface area contributed by atoms with E-state index in [-0.39, 0.29) is 10.7 Å². The predicted molar refractivity (Wildman–Crippen MR) is 96.6 cm³/mol. The molecule has 0 radical (unpaired) electrons. The van der Waals surface area contributed by atoms with Crippen molar-refractivity contribution in [3.63, 3.8) is 0 Å². The summed E-state index contributed by atoms with van der Waals surface area (Å²) in [5.41, 5.74) is 2.58. The molecule has 0 aliphatic rings. The van der Waals surface area contributed by atoms with Gasteiger partial charge in [0.15, 0.2) is 5.76 Å². The molecule has 0 bridgehead atoms. The van der Waals surface area contributed by atoms with Crippen molar-refractivity contribution < 1.29 is 22.4 Å². The van der Waals surface area contributed by atoms with Crippen LogP contribution < -0.4 is 15.0 Å².